The molecule has 10 heteroatoms. The van der Waals surface area contributed by atoms with Crippen molar-refractivity contribution in [1.29, 1.82) is 10.5 Å². The molecule has 0 saturated carbocycles. The van der Waals surface area contributed by atoms with Crippen molar-refractivity contribution in [3.63, 3.8) is 0 Å². The van der Waals surface area contributed by atoms with Crippen LogP contribution >= 0.6 is 57.7 Å². The van der Waals surface area contributed by atoms with Crippen LogP contribution < -0.4 is 20.5 Å². The van der Waals surface area contributed by atoms with Gasteiger partial charge >= 0.3 is 0 Å². The van der Waals surface area contributed by atoms with Crippen LogP contribution in [0.25, 0.3) is 17.5 Å². The van der Waals surface area contributed by atoms with E-state index in [0.29, 0.717) is 35.4 Å². The molecule has 0 bridgehead atoms. The summed E-state index contributed by atoms with van der Waals surface area (Å²) in [6.45, 7) is 0. The molecule has 2 heterocycles. The molecule has 0 aliphatic carbocycles. The number of nitrogens with zero attached hydrogens (tertiary/aromatic N) is 3. The van der Waals surface area contributed by atoms with Crippen molar-refractivity contribution in [1.82, 2.24) is 4.57 Å². The molecule has 0 radical (unpaired) electrons. The van der Waals surface area contributed by atoms with Crippen LogP contribution in [0.2, 0.25) is 20.1 Å². The zero-order chi connectivity index (χ0) is 23.2. The Labute approximate surface area is 206 Å². The summed E-state index contributed by atoms with van der Waals surface area (Å²) in [5.41, 5.74) is 7.10. The van der Waals surface area contributed by atoms with Crippen molar-refractivity contribution >= 4 is 75.2 Å². The Morgan fingerprint density at radius 2 is 1.59 bits per heavy atom. The van der Waals surface area contributed by atoms with Crippen LogP contribution in [0.5, 0.6) is 0 Å². The van der Waals surface area contributed by atoms with Crippen molar-refractivity contribution in [3.05, 3.63) is 92.7 Å². The Balaban J connectivity index is 2.07. The van der Waals surface area contributed by atoms with E-state index in [4.69, 9.17) is 52.1 Å². The largest absolute Gasteiger partial charge is 0.384 e. The van der Waals surface area contributed by atoms with E-state index in [0.717, 1.165) is 11.3 Å². The number of aromatic nitrogens is 1. The van der Waals surface area contributed by atoms with Crippen molar-refractivity contribution in [2.45, 2.75) is 5.92 Å². The van der Waals surface area contributed by atoms with Gasteiger partial charge in [-0.1, -0.05) is 58.5 Å². The summed E-state index contributed by atoms with van der Waals surface area (Å²) in [7, 11) is 0. The van der Waals surface area contributed by atoms with Gasteiger partial charge in [0.15, 0.2) is 0 Å². The van der Waals surface area contributed by atoms with Gasteiger partial charge in [0, 0.05) is 20.1 Å². The number of nitriles is 2. The second kappa shape index (κ2) is 8.67. The number of rotatable bonds is 2. The first-order valence-electron chi connectivity index (χ1n) is 8.94. The minimum Gasteiger partial charge on any atom is -0.384 e. The number of thiazole rings is 1. The summed E-state index contributed by atoms with van der Waals surface area (Å²) in [5, 5.41) is 21.4. The summed E-state index contributed by atoms with van der Waals surface area (Å²) in [4.78, 5) is 13.2. The van der Waals surface area contributed by atoms with Gasteiger partial charge in [-0.25, -0.2) is 0 Å². The molecule has 0 unspecified atom stereocenters. The van der Waals surface area contributed by atoms with E-state index in [2.05, 4.69) is 6.07 Å². The average molecular weight is 520 g/mol. The second-order valence-corrected chi connectivity index (χ2v) is 9.48. The lowest BCUT2D eigenvalue weighted by Crippen LogP contribution is -2.38. The molecule has 3 aromatic rings. The van der Waals surface area contributed by atoms with Crippen LogP contribution in [0.3, 0.4) is 0 Å². The number of hydrogen-bond donors (Lipinski definition) is 1. The van der Waals surface area contributed by atoms with Gasteiger partial charge in [0.1, 0.15) is 10.5 Å². The summed E-state index contributed by atoms with van der Waals surface area (Å²) in [5.74, 6) is -0.889. The summed E-state index contributed by atoms with van der Waals surface area (Å²) in [6, 6.07) is 13.8. The molecule has 2 aromatic carbocycles. The zero-order valence-electron chi connectivity index (χ0n) is 15.9. The predicted molar refractivity (Wildman–Crippen MR) is 129 cm³/mol. The van der Waals surface area contributed by atoms with E-state index in [1.54, 1.807) is 36.4 Å². The van der Waals surface area contributed by atoms with Crippen molar-refractivity contribution in [3.8, 4) is 12.1 Å². The molecule has 2 N–H and O–H groups in total. The molecule has 1 aliphatic rings. The molecule has 158 valence electrons. The summed E-state index contributed by atoms with van der Waals surface area (Å²) < 4.78 is 1.79. The first-order chi connectivity index (χ1) is 15.3. The Morgan fingerprint density at radius 1 is 0.969 bits per heavy atom. The monoisotopic (exact) mass is 518 g/mol. The van der Waals surface area contributed by atoms with E-state index in [9.17, 15) is 15.3 Å². The lowest BCUT2D eigenvalue weighted by molar-refractivity contribution is 0.906. The Hall–Kier alpha value is -2.71. The Kier molecular flexibility index (Phi) is 6.09. The quantitative estimate of drug-likeness (QED) is 0.540. The van der Waals surface area contributed by atoms with Gasteiger partial charge in [0.2, 0.25) is 0 Å². The number of fused-ring (bicyclic) bond motifs is 1. The van der Waals surface area contributed by atoms with E-state index < -0.39 is 11.5 Å². The molecule has 1 aliphatic heterocycles. The zero-order valence-corrected chi connectivity index (χ0v) is 19.7. The lowest BCUT2D eigenvalue weighted by Gasteiger charge is -2.23. The van der Waals surface area contributed by atoms with E-state index >= 15 is 0 Å². The third-order valence-corrected chi connectivity index (χ3v) is 7.14. The minimum absolute atomic E-state index is 0.0502. The number of hydrogen-bond acceptors (Lipinski definition) is 5. The van der Waals surface area contributed by atoms with Crippen molar-refractivity contribution in [2.75, 3.05) is 0 Å². The first-order valence-corrected chi connectivity index (χ1v) is 11.3. The molecule has 0 amide bonds. The molecule has 1 aromatic heterocycles. The molecule has 0 saturated heterocycles. The SMILES string of the molecule is N#CC1=C(N)n2c(s/c(=C\c3ccc(Cl)cc3Cl)c2=O)=C(C#N)[C@@H]1c1ccc(Cl)cc1Cl. The normalized spacial score (nSPS) is 16.0. The van der Waals surface area contributed by atoms with E-state index in [1.165, 1.54) is 10.6 Å². The van der Waals surface area contributed by atoms with Crippen LogP contribution in [-0.4, -0.2) is 4.57 Å². The molecule has 0 fully saturated rings. The van der Waals surface area contributed by atoms with Crippen LogP contribution in [0.4, 0.5) is 0 Å². The molecular weight excluding hydrogens is 510 g/mol. The third-order valence-electron chi connectivity index (χ3n) is 4.91. The van der Waals surface area contributed by atoms with Crippen LogP contribution in [0.15, 0.2) is 46.8 Å². The highest BCUT2D eigenvalue weighted by Crippen LogP contribution is 2.39. The third kappa shape index (κ3) is 3.71. The number of halogens is 4. The maximum atomic E-state index is 13.2. The average Bonchev–Trinajstić information content (AvgIpc) is 3.06. The van der Waals surface area contributed by atoms with Gasteiger partial charge in [-0.15, -0.1) is 11.3 Å². The van der Waals surface area contributed by atoms with Gasteiger partial charge in [0.25, 0.3) is 5.56 Å². The molecule has 0 spiro atoms. The van der Waals surface area contributed by atoms with E-state index in [1.807, 2.05) is 6.07 Å². The molecule has 1 atom stereocenters. The topological polar surface area (TPSA) is 95.6 Å². The van der Waals surface area contributed by atoms with Gasteiger partial charge in [-0.2, -0.15) is 10.5 Å². The highest BCUT2D eigenvalue weighted by Gasteiger charge is 2.33. The maximum absolute atomic E-state index is 13.2. The smallest absolute Gasteiger partial charge is 0.274 e. The highest BCUT2D eigenvalue weighted by atomic mass is 35.5. The standard InChI is InChI=1S/C22H10Cl4N4OS/c23-11-2-1-10(16(25)6-11)5-18-21(31)30-20(29)14(8-27)19(15(9-28)22(30)32-18)13-4-3-12(24)7-17(13)26/h1-7,19H,29H2/b18-5-/t19-/m1/s1. The minimum atomic E-state index is -0.834. The molecule has 32 heavy (non-hydrogen) atoms. The fraction of sp³-hybridized carbons (Fsp3) is 0.0455. The predicted octanol–water partition coefficient (Wildman–Crippen LogP) is 4.47. The van der Waals surface area contributed by atoms with Gasteiger partial charge < -0.3 is 5.73 Å². The Bertz CT molecular complexity index is 1590. The number of benzene rings is 2. The number of nitrogens with two attached hydrogens (primary N) is 1. The number of allylic oxidation sites excluding steroid dienone is 1. The molecule has 4 rings (SSSR count). The van der Waals surface area contributed by atoms with Gasteiger partial charge in [-0.05, 0) is 41.5 Å². The van der Waals surface area contributed by atoms with Gasteiger partial charge in [-0.3, -0.25) is 9.36 Å². The summed E-state index contributed by atoms with van der Waals surface area (Å²) >= 11 is 25.7. The fourth-order valence-electron chi connectivity index (χ4n) is 3.46. The lowest BCUT2D eigenvalue weighted by atomic mass is 9.84. The molecule has 5 nitrogen and oxygen atoms in total. The van der Waals surface area contributed by atoms with Crippen molar-refractivity contribution < 1.29 is 0 Å². The molecular formula is C22H10Cl4N4OS. The van der Waals surface area contributed by atoms with Gasteiger partial charge in [0.05, 0.1) is 33.7 Å². The first kappa shape index (κ1) is 22.5. The fourth-order valence-corrected chi connectivity index (χ4v) is 5.56. The second-order valence-electron chi connectivity index (χ2n) is 6.76. The highest BCUT2D eigenvalue weighted by molar-refractivity contribution is 7.07. The Morgan fingerprint density at radius 3 is 2.19 bits per heavy atom. The van der Waals surface area contributed by atoms with Crippen LogP contribution in [0.1, 0.15) is 17.0 Å². The van der Waals surface area contributed by atoms with Crippen molar-refractivity contribution in [2.24, 2.45) is 5.73 Å². The van der Waals surface area contributed by atoms with Crippen LogP contribution in [-0.2, 0) is 0 Å². The summed E-state index contributed by atoms with van der Waals surface area (Å²) in [6.07, 6.45) is 1.59. The van der Waals surface area contributed by atoms with Crippen LogP contribution in [0, 0.1) is 22.7 Å². The van der Waals surface area contributed by atoms with E-state index in [-0.39, 0.29) is 22.0 Å². The maximum Gasteiger partial charge on any atom is 0.274 e.